The van der Waals surface area contributed by atoms with Crippen molar-refractivity contribution in [3.63, 3.8) is 0 Å². The van der Waals surface area contributed by atoms with Gasteiger partial charge >= 0.3 is 0 Å². The molecule has 23 heavy (non-hydrogen) atoms. The molecule has 1 aromatic carbocycles. The number of anilines is 1. The highest BCUT2D eigenvalue weighted by Gasteiger charge is 2.38. The van der Waals surface area contributed by atoms with Crippen molar-refractivity contribution in [1.29, 1.82) is 0 Å². The number of aliphatic hydroxyl groups is 1. The first-order chi connectivity index (χ1) is 11.0. The van der Waals surface area contributed by atoms with Crippen molar-refractivity contribution in [2.75, 3.05) is 10.8 Å². The van der Waals surface area contributed by atoms with Crippen molar-refractivity contribution in [2.45, 2.75) is 6.92 Å². The van der Waals surface area contributed by atoms with E-state index in [1.165, 1.54) is 22.8 Å². The Bertz CT molecular complexity index is 917. The Kier molecular flexibility index (Phi) is 3.69. The highest BCUT2D eigenvalue weighted by Crippen LogP contribution is 2.42. The van der Waals surface area contributed by atoms with Gasteiger partial charge in [-0.3, -0.25) is 9.29 Å². The zero-order valence-corrected chi connectivity index (χ0v) is 13.4. The van der Waals surface area contributed by atoms with Crippen LogP contribution in [0.3, 0.4) is 0 Å². The smallest absolute Gasteiger partial charge is 0.268 e. The highest BCUT2D eigenvalue weighted by molar-refractivity contribution is 8.02. The van der Waals surface area contributed by atoms with E-state index in [1.807, 2.05) is 19.1 Å². The SMILES string of the molecule is C=CCN1c2ccncc2C(O)=C(c2ccccc2C)S1(=O)=O. The van der Waals surface area contributed by atoms with Gasteiger partial charge in [0.15, 0.2) is 0 Å². The number of nitrogens with zero attached hydrogens (tertiary/aromatic N) is 2. The molecule has 2 heterocycles. The van der Waals surface area contributed by atoms with Crippen molar-refractivity contribution in [2.24, 2.45) is 0 Å². The monoisotopic (exact) mass is 328 g/mol. The van der Waals surface area contributed by atoms with Gasteiger partial charge in [0.25, 0.3) is 10.0 Å². The largest absolute Gasteiger partial charge is 0.506 e. The van der Waals surface area contributed by atoms with Gasteiger partial charge in [-0.25, -0.2) is 8.42 Å². The number of aromatic nitrogens is 1. The summed E-state index contributed by atoms with van der Waals surface area (Å²) in [5.41, 5.74) is 2.04. The molecule has 0 aliphatic carbocycles. The van der Waals surface area contributed by atoms with E-state index in [9.17, 15) is 13.5 Å². The summed E-state index contributed by atoms with van der Waals surface area (Å²) in [6.45, 7) is 5.55. The van der Waals surface area contributed by atoms with Crippen LogP contribution in [0.15, 0.2) is 55.4 Å². The molecule has 0 saturated heterocycles. The normalized spacial score (nSPS) is 16.1. The molecule has 0 bridgehead atoms. The third kappa shape index (κ3) is 2.31. The van der Waals surface area contributed by atoms with Gasteiger partial charge in [0.05, 0.1) is 17.8 Å². The van der Waals surface area contributed by atoms with Crippen molar-refractivity contribution in [3.8, 4) is 0 Å². The second kappa shape index (κ2) is 5.55. The van der Waals surface area contributed by atoms with Gasteiger partial charge in [-0.15, -0.1) is 6.58 Å². The zero-order chi connectivity index (χ0) is 16.6. The molecule has 0 unspecified atom stereocenters. The highest BCUT2D eigenvalue weighted by atomic mass is 32.2. The van der Waals surface area contributed by atoms with E-state index < -0.39 is 10.0 Å². The lowest BCUT2D eigenvalue weighted by Crippen LogP contribution is -2.35. The standard InChI is InChI=1S/C17H16N2O3S/c1-3-10-19-15-8-9-18-11-14(15)16(20)17(23(19,21)22)13-7-5-4-6-12(13)2/h3-9,11,20H,1,10H2,2H3. The minimum Gasteiger partial charge on any atom is -0.506 e. The molecular weight excluding hydrogens is 312 g/mol. The first-order valence-corrected chi connectivity index (χ1v) is 8.49. The van der Waals surface area contributed by atoms with Gasteiger partial charge < -0.3 is 5.11 Å². The van der Waals surface area contributed by atoms with E-state index in [-0.39, 0.29) is 17.2 Å². The van der Waals surface area contributed by atoms with Crippen LogP contribution in [-0.2, 0) is 10.0 Å². The molecule has 0 radical (unpaired) electrons. The predicted molar refractivity (Wildman–Crippen MR) is 91.3 cm³/mol. The molecule has 0 amide bonds. The molecule has 0 atom stereocenters. The minimum absolute atomic E-state index is 0.0991. The molecule has 118 valence electrons. The van der Waals surface area contributed by atoms with Crippen LogP contribution in [0.5, 0.6) is 0 Å². The number of aryl methyl sites for hydroxylation is 1. The molecule has 5 nitrogen and oxygen atoms in total. The molecule has 1 aromatic heterocycles. The predicted octanol–water partition coefficient (Wildman–Crippen LogP) is 3.11. The molecule has 1 aliphatic heterocycles. The Labute approximate surface area is 135 Å². The van der Waals surface area contributed by atoms with Crippen LogP contribution in [-0.4, -0.2) is 25.1 Å². The van der Waals surface area contributed by atoms with Gasteiger partial charge in [0, 0.05) is 18.0 Å². The minimum atomic E-state index is -3.90. The average Bonchev–Trinajstić information content (AvgIpc) is 2.53. The average molecular weight is 328 g/mol. The first-order valence-electron chi connectivity index (χ1n) is 7.05. The number of fused-ring (bicyclic) bond motifs is 1. The summed E-state index contributed by atoms with van der Waals surface area (Å²) in [5.74, 6) is -0.275. The van der Waals surface area contributed by atoms with Gasteiger partial charge in [-0.2, -0.15) is 0 Å². The van der Waals surface area contributed by atoms with E-state index in [1.54, 1.807) is 18.2 Å². The lowest BCUT2D eigenvalue weighted by atomic mass is 10.1. The van der Waals surface area contributed by atoms with Gasteiger partial charge in [0.2, 0.25) is 0 Å². The summed E-state index contributed by atoms with van der Waals surface area (Å²) in [5, 5.41) is 10.6. The van der Waals surface area contributed by atoms with Crippen LogP contribution in [0.2, 0.25) is 0 Å². The van der Waals surface area contributed by atoms with E-state index in [4.69, 9.17) is 0 Å². The summed E-state index contributed by atoms with van der Waals surface area (Å²) >= 11 is 0. The quantitative estimate of drug-likeness (QED) is 0.879. The first kappa shape index (κ1) is 15.3. The van der Waals surface area contributed by atoms with Crippen LogP contribution in [0.4, 0.5) is 5.69 Å². The van der Waals surface area contributed by atoms with Crippen LogP contribution < -0.4 is 4.31 Å². The number of rotatable bonds is 3. The number of benzene rings is 1. The number of pyridine rings is 1. The maximum absolute atomic E-state index is 13.1. The Hall–Kier alpha value is -2.60. The number of aliphatic hydroxyl groups excluding tert-OH is 1. The van der Waals surface area contributed by atoms with Crippen LogP contribution in [0, 0.1) is 6.92 Å². The second-order valence-electron chi connectivity index (χ2n) is 5.21. The van der Waals surface area contributed by atoms with E-state index in [0.717, 1.165) is 5.56 Å². The molecule has 1 aliphatic rings. The fourth-order valence-electron chi connectivity index (χ4n) is 2.68. The number of hydrogen-bond donors (Lipinski definition) is 1. The summed E-state index contributed by atoms with van der Waals surface area (Å²) in [6.07, 6.45) is 4.48. The molecule has 1 N–H and O–H groups in total. The fraction of sp³-hybridized carbons (Fsp3) is 0.118. The molecule has 0 saturated carbocycles. The van der Waals surface area contributed by atoms with Crippen LogP contribution >= 0.6 is 0 Å². The Morgan fingerprint density at radius 3 is 2.70 bits per heavy atom. The topological polar surface area (TPSA) is 70.5 Å². The number of hydrogen-bond acceptors (Lipinski definition) is 4. The summed E-state index contributed by atoms with van der Waals surface area (Å²) < 4.78 is 27.4. The van der Waals surface area contributed by atoms with Crippen molar-refractivity contribution < 1.29 is 13.5 Å². The lowest BCUT2D eigenvalue weighted by molar-refractivity contribution is 0.512. The van der Waals surface area contributed by atoms with Crippen molar-refractivity contribution in [1.82, 2.24) is 4.98 Å². The van der Waals surface area contributed by atoms with Gasteiger partial charge in [0.1, 0.15) is 10.7 Å². The third-order valence-corrected chi connectivity index (χ3v) is 5.62. The van der Waals surface area contributed by atoms with Crippen LogP contribution in [0.1, 0.15) is 16.7 Å². The lowest BCUT2D eigenvalue weighted by Gasteiger charge is -2.31. The summed E-state index contributed by atoms with van der Waals surface area (Å²) in [7, 11) is -3.90. The second-order valence-corrected chi connectivity index (χ2v) is 7.01. The van der Waals surface area contributed by atoms with Crippen LogP contribution in [0.25, 0.3) is 10.7 Å². The number of sulfonamides is 1. The molecule has 2 aromatic rings. The molecule has 3 rings (SSSR count). The molecule has 0 spiro atoms. The maximum atomic E-state index is 13.1. The Morgan fingerprint density at radius 2 is 2.00 bits per heavy atom. The van der Waals surface area contributed by atoms with E-state index in [2.05, 4.69) is 11.6 Å². The van der Waals surface area contributed by atoms with E-state index in [0.29, 0.717) is 16.8 Å². The molecule has 6 heteroatoms. The van der Waals surface area contributed by atoms with Gasteiger partial charge in [-0.1, -0.05) is 30.3 Å². The van der Waals surface area contributed by atoms with Gasteiger partial charge in [-0.05, 0) is 18.6 Å². The maximum Gasteiger partial charge on any atom is 0.268 e. The summed E-state index contributed by atoms with van der Waals surface area (Å²) in [6, 6.07) is 8.63. The Morgan fingerprint density at radius 1 is 1.26 bits per heavy atom. The van der Waals surface area contributed by atoms with Crippen molar-refractivity contribution in [3.05, 3.63) is 72.1 Å². The summed E-state index contributed by atoms with van der Waals surface area (Å²) in [4.78, 5) is 3.90. The molecule has 0 fully saturated rings. The third-order valence-electron chi connectivity index (χ3n) is 3.77. The fourth-order valence-corrected chi connectivity index (χ4v) is 4.48. The van der Waals surface area contributed by atoms with E-state index >= 15 is 0 Å². The Balaban J connectivity index is 2.38. The zero-order valence-electron chi connectivity index (χ0n) is 12.6. The van der Waals surface area contributed by atoms with Crippen molar-refractivity contribution >= 4 is 26.4 Å². The molecular formula is C17H16N2O3S.